The topological polar surface area (TPSA) is 16.4 Å². The maximum atomic E-state index is 6.69. The number of hydrogen-bond acceptors (Lipinski definition) is 4. The zero-order valence-corrected chi connectivity index (χ0v) is 31.7. The minimum absolute atomic E-state index is 0.888. The van der Waals surface area contributed by atoms with Crippen molar-refractivity contribution in [3.8, 4) is 22.3 Å². The molecule has 0 spiro atoms. The van der Waals surface area contributed by atoms with Gasteiger partial charge in [-0.25, -0.2) is 0 Å². The maximum absolute atomic E-state index is 6.69. The molecular formula is C52H31NOS2. The fourth-order valence-electron chi connectivity index (χ4n) is 8.61. The van der Waals surface area contributed by atoms with Crippen LogP contribution in [0.5, 0.6) is 0 Å². The van der Waals surface area contributed by atoms with E-state index in [0.29, 0.717) is 0 Å². The molecule has 12 aromatic rings. The van der Waals surface area contributed by atoms with Gasteiger partial charge in [-0.05, 0) is 99.8 Å². The van der Waals surface area contributed by atoms with Crippen molar-refractivity contribution in [3.63, 3.8) is 0 Å². The number of rotatable bonds is 5. The van der Waals surface area contributed by atoms with Crippen molar-refractivity contribution in [1.82, 2.24) is 0 Å². The lowest BCUT2D eigenvalue weighted by molar-refractivity contribution is 0.669. The van der Waals surface area contributed by atoms with Crippen molar-refractivity contribution >= 4 is 113 Å². The van der Waals surface area contributed by atoms with Gasteiger partial charge in [-0.3, -0.25) is 0 Å². The van der Waals surface area contributed by atoms with E-state index in [0.717, 1.165) is 33.6 Å². The molecule has 0 bridgehead atoms. The minimum Gasteiger partial charge on any atom is -0.456 e. The lowest BCUT2D eigenvalue weighted by Gasteiger charge is -2.27. The number of furan rings is 1. The largest absolute Gasteiger partial charge is 0.456 e. The fraction of sp³-hybridized carbons (Fsp3) is 0. The summed E-state index contributed by atoms with van der Waals surface area (Å²) < 4.78 is 11.8. The van der Waals surface area contributed by atoms with Crippen molar-refractivity contribution in [2.45, 2.75) is 0 Å². The molecule has 0 saturated heterocycles. The van der Waals surface area contributed by atoms with Gasteiger partial charge in [0.05, 0.1) is 21.5 Å². The zero-order chi connectivity index (χ0) is 36.7. The highest BCUT2D eigenvalue weighted by molar-refractivity contribution is 7.27. The van der Waals surface area contributed by atoms with E-state index in [4.69, 9.17) is 4.42 Å². The van der Waals surface area contributed by atoms with Crippen molar-refractivity contribution < 1.29 is 4.42 Å². The monoisotopic (exact) mass is 749 g/mol. The van der Waals surface area contributed by atoms with Gasteiger partial charge in [0.1, 0.15) is 11.2 Å². The zero-order valence-electron chi connectivity index (χ0n) is 30.1. The molecule has 0 fully saturated rings. The Morgan fingerprint density at radius 1 is 0.357 bits per heavy atom. The molecule has 0 atom stereocenters. The predicted molar refractivity (Wildman–Crippen MR) is 243 cm³/mol. The summed E-state index contributed by atoms with van der Waals surface area (Å²) in [5.41, 5.74) is 9.98. The molecule has 0 aliphatic carbocycles. The Morgan fingerprint density at radius 3 is 1.68 bits per heavy atom. The van der Waals surface area contributed by atoms with Crippen LogP contribution in [0.15, 0.2) is 192 Å². The van der Waals surface area contributed by atoms with Crippen LogP contribution in [-0.4, -0.2) is 0 Å². The average Bonchev–Trinajstić information content (AvgIpc) is 3.96. The Morgan fingerprint density at radius 2 is 0.929 bits per heavy atom. The average molecular weight is 750 g/mol. The molecule has 0 saturated carbocycles. The second-order valence-corrected chi connectivity index (χ2v) is 16.5. The van der Waals surface area contributed by atoms with Crippen LogP contribution in [-0.2, 0) is 0 Å². The standard InChI is InChI=1S/C52H31NOS2/c1-2-10-32(11-3-1)35-22-20-34-21-23-36(31-37(34)30-35)33-24-26-38(27-25-33)53(44-16-8-14-41-39-12-4-6-18-47(39)55-51(41)44)43-15-9-17-45-49(43)50-46(54-45)29-28-42-40-13-5-7-19-48(40)56-52(42)50/h1-31H. The molecule has 56 heavy (non-hydrogen) atoms. The highest BCUT2D eigenvalue weighted by Gasteiger charge is 2.24. The lowest BCUT2D eigenvalue weighted by atomic mass is 9.97. The molecule has 12 rings (SSSR count). The molecule has 0 aliphatic rings. The third kappa shape index (κ3) is 4.86. The van der Waals surface area contributed by atoms with Crippen LogP contribution < -0.4 is 4.90 Å². The first-order chi connectivity index (χ1) is 27.7. The Labute approximate surface area is 330 Å². The van der Waals surface area contributed by atoms with Crippen LogP contribution in [0, 0.1) is 0 Å². The third-order valence-electron chi connectivity index (χ3n) is 11.3. The predicted octanol–water partition coefficient (Wildman–Crippen LogP) is 16.3. The number of thiophene rings is 2. The molecule has 2 nitrogen and oxygen atoms in total. The quantitative estimate of drug-likeness (QED) is 0.174. The molecule has 3 heterocycles. The Hall–Kier alpha value is -6.72. The van der Waals surface area contributed by atoms with E-state index in [1.54, 1.807) is 0 Å². The van der Waals surface area contributed by atoms with Crippen LogP contribution in [0.2, 0.25) is 0 Å². The van der Waals surface area contributed by atoms with E-state index in [9.17, 15) is 0 Å². The molecule has 4 heteroatoms. The first-order valence-electron chi connectivity index (χ1n) is 18.9. The molecule has 0 unspecified atom stereocenters. The van der Waals surface area contributed by atoms with Crippen LogP contribution in [0.25, 0.3) is 95.3 Å². The SMILES string of the molecule is c1ccc(-c2ccc3ccc(-c4ccc(N(c5cccc6c5sc5ccccc56)c5cccc6oc7ccc8c9ccccc9sc8c7c56)cc4)cc3c2)cc1. The van der Waals surface area contributed by atoms with E-state index in [1.165, 1.54) is 78.8 Å². The summed E-state index contributed by atoms with van der Waals surface area (Å²) in [6.45, 7) is 0. The summed E-state index contributed by atoms with van der Waals surface area (Å²) in [6, 6.07) is 68.4. The maximum Gasteiger partial charge on any atom is 0.137 e. The van der Waals surface area contributed by atoms with E-state index in [2.05, 4.69) is 193 Å². The van der Waals surface area contributed by atoms with Gasteiger partial charge < -0.3 is 9.32 Å². The summed E-state index contributed by atoms with van der Waals surface area (Å²) in [6.07, 6.45) is 0. The van der Waals surface area contributed by atoms with Gasteiger partial charge >= 0.3 is 0 Å². The Balaban J connectivity index is 1.07. The number of fused-ring (bicyclic) bond motifs is 11. The normalized spacial score (nSPS) is 11.9. The molecule has 0 aliphatic heterocycles. The first-order valence-corrected chi connectivity index (χ1v) is 20.5. The molecule has 9 aromatic carbocycles. The van der Waals surface area contributed by atoms with Crippen LogP contribution in [0.1, 0.15) is 0 Å². The minimum atomic E-state index is 0.888. The Bertz CT molecular complexity index is 3480. The first kappa shape index (κ1) is 31.6. The Kier molecular flexibility index (Phi) is 7.00. The van der Waals surface area contributed by atoms with E-state index < -0.39 is 0 Å². The second-order valence-electron chi connectivity index (χ2n) is 14.4. The van der Waals surface area contributed by atoms with Crippen molar-refractivity contribution in [3.05, 3.63) is 188 Å². The summed E-state index contributed by atoms with van der Waals surface area (Å²) in [5.74, 6) is 0. The fourth-order valence-corrected chi connectivity index (χ4v) is 11.1. The third-order valence-corrected chi connectivity index (χ3v) is 13.7. The van der Waals surface area contributed by atoms with Gasteiger partial charge in [-0.2, -0.15) is 0 Å². The van der Waals surface area contributed by atoms with Gasteiger partial charge in [0, 0.05) is 46.7 Å². The summed E-state index contributed by atoms with van der Waals surface area (Å²) in [4.78, 5) is 2.46. The number of anilines is 3. The van der Waals surface area contributed by atoms with Crippen molar-refractivity contribution in [2.24, 2.45) is 0 Å². The van der Waals surface area contributed by atoms with Crippen LogP contribution in [0.4, 0.5) is 17.1 Å². The van der Waals surface area contributed by atoms with Gasteiger partial charge in [0.2, 0.25) is 0 Å². The number of hydrogen-bond donors (Lipinski definition) is 0. The summed E-state index contributed by atoms with van der Waals surface area (Å²) >= 11 is 3.71. The molecular weight excluding hydrogens is 719 g/mol. The second kappa shape index (κ2) is 12.4. The van der Waals surface area contributed by atoms with Crippen molar-refractivity contribution in [1.29, 1.82) is 0 Å². The van der Waals surface area contributed by atoms with Crippen LogP contribution in [0.3, 0.4) is 0 Å². The molecule has 0 N–H and O–H groups in total. The van der Waals surface area contributed by atoms with Crippen LogP contribution >= 0.6 is 22.7 Å². The van der Waals surface area contributed by atoms with Gasteiger partial charge in [0.25, 0.3) is 0 Å². The molecule has 0 amide bonds. The van der Waals surface area contributed by atoms with Gasteiger partial charge in [0.15, 0.2) is 0 Å². The number of nitrogens with zero attached hydrogens (tertiary/aromatic N) is 1. The van der Waals surface area contributed by atoms with E-state index in [1.807, 2.05) is 22.7 Å². The lowest BCUT2D eigenvalue weighted by Crippen LogP contribution is -2.10. The van der Waals surface area contributed by atoms with Gasteiger partial charge in [-0.15, -0.1) is 22.7 Å². The summed E-state index contributed by atoms with van der Waals surface area (Å²) in [7, 11) is 0. The highest BCUT2D eigenvalue weighted by Crippen LogP contribution is 2.50. The highest BCUT2D eigenvalue weighted by atomic mass is 32.1. The van der Waals surface area contributed by atoms with E-state index in [-0.39, 0.29) is 0 Å². The number of benzene rings is 9. The molecule has 0 radical (unpaired) electrons. The molecule has 3 aromatic heterocycles. The van der Waals surface area contributed by atoms with Crippen molar-refractivity contribution in [2.75, 3.05) is 4.90 Å². The smallest absolute Gasteiger partial charge is 0.137 e. The molecule has 262 valence electrons. The van der Waals surface area contributed by atoms with Gasteiger partial charge in [-0.1, -0.05) is 121 Å². The summed E-state index contributed by atoms with van der Waals surface area (Å²) in [5, 5.41) is 9.88. The van der Waals surface area contributed by atoms with E-state index >= 15 is 0 Å².